The van der Waals surface area contributed by atoms with Crippen LogP contribution in [0.2, 0.25) is 0 Å². The van der Waals surface area contributed by atoms with Crippen LogP contribution in [0.4, 0.5) is 4.79 Å². The van der Waals surface area contributed by atoms with E-state index < -0.39 is 0 Å². The summed E-state index contributed by atoms with van der Waals surface area (Å²) in [5, 5.41) is 3.10. The summed E-state index contributed by atoms with van der Waals surface area (Å²) in [6.07, 6.45) is 6.84. The fraction of sp³-hybridized carbons (Fsp3) is 0.591. The highest BCUT2D eigenvalue weighted by molar-refractivity contribution is 5.79. The predicted octanol–water partition coefficient (Wildman–Crippen LogP) is 3.06. The lowest BCUT2D eigenvalue weighted by Crippen LogP contribution is -2.41. The molecule has 1 aromatic carbocycles. The first-order valence-electron chi connectivity index (χ1n) is 11.0. The van der Waals surface area contributed by atoms with Crippen molar-refractivity contribution in [2.24, 2.45) is 0 Å². The minimum absolute atomic E-state index is 0.0206. The summed E-state index contributed by atoms with van der Waals surface area (Å²) in [6, 6.07) is 8.99. The van der Waals surface area contributed by atoms with Crippen molar-refractivity contribution in [1.29, 1.82) is 0 Å². The standard InChI is InChI=1S/C22H29N5O2/c28-21-8-4-13-26(21)16-5-3-12-25(14-11-16)22(29)23-15-20-24-18-6-1-2-7-19(18)27(20)17-9-10-17/h1-2,6-7,16-17H,3-5,8-15H2,(H,23,29). The fourth-order valence-electron chi connectivity index (χ4n) is 4.87. The van der Waals surface area contributed by atoms with Crippen molar-refractivity contribution >= 4 is 23.0 Å². The lowest BCUT2D eigenvalue weighted by atomic mass is 10.1. The van der Waals surface area contributed by atoms with Crippen molar-refractivity contribution in [3.63, 3.8) is 0 Å². The number of carbonyl (C=O) groups excluding carboxylic acids is 2. The Bertz CT molecular complexity index is 919. The molecule has 29 heavy (non-hydrogen) atoms. The molecule has 1 unspecified atom stereocenters. The summed E-state index contributed by atoms with van der Waals surface area (Å²) in [4.78, 5) is 33.6. The quantitative estimate of drug-likeness (QED) is 0.865. The zero-order chi connectivity index (χ0) is 19.8. The van der Waals surface area contributed by atoms with E-state index in [0.717, 1.165) is 55.6 Å². The van der Waals surface area contributed by atoms with Gasteiger partial charge in [-0.2, -0.15) is 0 Å². The van der Waals surface area contributed by atoms with E-state index in [4.69, 9.17) is 4.98 Å². The van der Waals surface area contributed by atoms with Gasteiger partial charge in [0, 0.05) is 38.1 Å². The maximum Gasteiger partial charge on any atom is 0.317 e. The lowest BCUT2D eigenvalue weighted by Gasteiger charge is -2.27. The van der Waals surface area contributed by atoms with Crippen LogP contribution in [0.15, 0.2) is 24.3 Å². The Balaban J connectivity index is 1.22. The smallest absolute Gasteiger partial charge is 0.317 e. The molecule has 1 aromatic heterocycles. The van der Waals surface area contributed by atoms with Crippen molar-refractivity contribution in [2.75, 3.05) is 19.6 Å². The van der Waals surface area contributed by atoms with E-state index in [0.29, 0.717) is 31.6 Å². The summed E-state index contributed by atoms with van der Waals surface area (Å²) in [7, 11) is 0. The molecule has 1 aliphatic carbocycles. The molecule has 0 radical (unpaired) electrons. The molecule has 5 rings (SSSR count). The first kappa shape index (κ1) is 18.5. The molecule has 2 aliphatic heterocycles. The number of fused-ring (bicyclic) bond motifs is 1. The highest BCUT2D eigenvalue weighted by Gasteiger charge is 2.31. The van der Waals surface area contributed by atoms with Crippen molar-refractivity contribution in [1.82, 2.24) is 24.7 Å². The molecule has 1 N–H and O–H groups in total. The average Bonchev–Trinajstić information content (AvgIpc) is 3.44. The van der Waals surface area contributed by atoms with E-state index >= 15 is 0 Å². The largest absolute Gasteiger partial charge is 0.340 e. The second kappa shape index (κ2) is 7.69. The molecule has 0 bridgehead atoms. The first-order chi connectivity index (χ1) is 14.2. The number of aromatic nitrogens is 2. The van der Waals surface area contributed by atoms with Crippen molar-refractivity contribution in [3.8, 4) is 0 Å². The minimum atomic E-state index is -0.0206. The number of nitrogens with zero attached hydrogens (tertiary/aromatic N) is 4. The molecule has 7 heteroatoms. The number of rotatable bonds is 4. The topological polar surface area (TPSA) is 70.5 Å². The van der Waals surface area contributed by atoms with Gasteiger partial charge in [0.1, 0.15) is 5.82 Å². The van der Waals surface area contributed by atoms with Gasteiger partial charge in [-0.25, -0.2) is 9.78 Å². The van der Waals surface area contributed by atoms with Crippen molar-refractivity contribution < 1.29 is 9.59 Å². The van der Waals surface area contributed by atoms with Gasteiger partial charge in [-0.05, 0) is 50.7 Å². The van der Waals surface area contributed by atoms with E-state index in [-0.39, 0.29) is 11.9 Å². The van der Waals surface area contributed by atoms with Crippen LogP contribution in [0.5, 0.6) is 0 Å². The second-order valence-electron chi connectivity index (χ2n) is 8.54. The third-order valence-corrected chi connectivity index (χ3v) is 6.51. The van der Waals surface area contributed by atoms with E-state index in [1.807, 2.05) is 28.0 Å². The van der Waals surface area contributed by atoms with E-state index in [1.54, 1.807) is 0 Å². The Labute approximate surface area is 171 Å². The number of carbonyl (C=O) groups is 2. The van der Waals surface area contributed by atoms with Gasteiger partial charge >= 0.3 is 6.03 Å². The van der Waals surface area contributed by atoms with Crippen LogP contribution < -0.4 is 5.32 Å². The van der Waals surface area contributed by atoms with Crippen LogP contribution in [-0.4, -0.2) is 57.0 Å². The monoisotopic (exact) mass is 395 g/mol. The van der Waals surface area contributed by atoms with E-state index in [2.05, 4.69) is 16.0 Å². The van der Waals surface area contributed by atoms with Gasteiger partial charge in [0.15, 0.2) is 0 Å². The van der Waals surface area contributed by atoms with Crippen LogP contribution >= 0.6 is 0 Å². The molecule has 2 saturated heterocycles. The summed E-state index contributed by atoms with van der Waals surface area (Å²) < 4.78 is 2.30. The molecule has 3 fully saturated rings. The summed E-state index contributed by atoms with van der Waals surface area (Å²) in [5.41, 5.74) is 2.16. The van der Waals surface area contributed by atoms with Gasteiger partial charge in [-0.1, -0.05) is 12.1 Å². The zero-order valence-electron chi connectivity index (χ0n) is 16.8. The van der Waals surface area contributed by atoms with Crippen LogP contribution in [0.1, 0.15) is 56.8 Å². The van der Waals surface area contributed by atoms with Gasteiger partial charge in [0.05, 0.1) is 17.6 Å². The van der Waals surface area contributed by atoms with Crippen molar-refractivity contribution in [2.45, 2.75) is 63.6 Å². The van der Waals surface area contributed by atoms with E-state index in [9.17, 15) is 9.59 Å². The molecule has 1 atom stereocenters. The van der Waals surface area contributed by atoms with Gasteiger partial charge in [-0.3, -0.25) is 4.79 Å². The number of amides is 3. The average molecular weight is 396 g/mol. The number of nitrogens with one attached hydrogen (secondary N) is 1. The Hall–Kier alpha value is -2.57. The summed E-state index contributed by atoms with van der Waals surface area (Å²) in [5.74, 6) is 1.23. The molecule has 3 amide bonds. The molecule has 7 nitrogen and oxygen atoms in total. The van der Waals surface area contributed by atoms with Crippen LogP contribution in [0, 0.1) is 0 Å². The molecule has 0 spiro atoms. The molecule has 2 aromatic rings. The Morgan fingerprint density at radius 2 is 1.90 bits per heavy atom. The summed E-state index contributed by atoms with van der Waals surface area (Å²) >= 11 is 0. The maximum atomic E-state index is 12.8. The summed E-state index contributed by atoms with van der Waals surface area (Å²) in [6.45, 7) is 2.80. The van der Waals surface area contributed by atoms with Crippen LogP contribution in [0.3, 0.4) is 0 Å². The number of hydrogen-bond acceptors (Lipinski definition) is 3. The first-order valence-corrected chi connectivity index (χ1v) is 11.0. The third kappa shape index (κ3) is 3.70. The number of hydrogen-bond donors (Lipinski definition) is 1. The number of benzene rings is 1. The highest BCUT2D eigenvalue weighted by Crippen LogP contribution is 2.38. The number of likely N-dealkylation sites (tertiary alicyclic amines) is 2. The molecule has 3 aliphatic rings. The molecular formula is C22H29N5O2. The van der Waals surface area contributed by atoms with Gasteiger partial charge in [-0.15, -0.1) is 0 Å². The highest BCUT2D eigenvalue weighted by atomic mass is 16.2. The number of imidazole rings is 1. The lowest BCUT2D eigenvalue weighted by molar-refractivity contribution is -0.129. The van der Waals surface area contributed by atoms with E-state index in [1.165, 1.54) is 12.8 Å². The Kier molecular flexibility index (Phi) is 4.89. The number of urea groups is 1. The molecule has 1 saturated carbocycles. The Morgan fingerprint density at radius 3 is 2.69 bits per heavy atom. The predicted molar refractivity (Wildman–Crippen MR) is 110 cm³/mol. The Morgan fingerprint density at radius 1 is 1.03 bits per heavy atom. The van der Waals surface area contributed by atoms with Crippen molar-refractivity contribution in [3.05, 3.63) is 30.1 Å². The fourth-order valence-corrected chi connectivity index (χ4v) is 4.87. The normalized spacial score (nSPS) is 22.9. The maximum absolute atomic E-state index is 12.8. The molecule has 154 valence electrons. The molecular weight excluding hydrogens is 366 g/mol. The van der Waals surface area contributed by atoms with Crippen LogP contribution in [0.25, 0.3) is 11.0 Å². The third-order valence-electron chi connectivity index (χ3n) is 6.51. The van der Waals surface area contributed by atoms with Gasteiger partial charge in [0.2, 0.25) is 5.91 Å². The van der Waals surface area contributed by atoms with Gasteiger partial charge < -0.3 is 19.7 Å². The molecule has 3 heterocycles. The minimum Gasteiger partial charge on any atom is -0.340 e. The van der Waals surface area contributed by atoms with Crippen LogP contribution in [-0.2, 0) is 11.3 Å². The SMILES string of the molecule is O=C(NCc1nc2ccccc2n1C1CC1)N1CCCC(N2CCCC2=O)CC1. The zero-order valence-corrected chi connectivity index (χ0v) is 16.8. The second-order valence-corrected chi connectivity index (χ2v) is 8.54. The number of para-hydroxylation sites is 2. The van der Waals surface area contributed by atoms with Gasteiger partial charge in [0.25, 0.3) is 0 Å².